The van der Waals surface area contributed by atoms with Crippen molar-refractivity contribution in [2.75, 3.05) is 40.0 Å². The van der Waals surface area contributed by atoms with Crippen molar-refractivity contribution in [1.82, 2.24) is 9.80 Å². The highest BCUT2D eigenvalue weighted by atomic mass is 16.6. The summed E-state index contributed by atoms with van der Waals surface area (Å²) < 4.78 is 17.1. The summed E-state index contributed by atoms with van der Waals surface area (Å²) in [7, 11) is 1.60. The Morgan fingerprint density at radius 2 is 1.94 bits per heavy atom. The molecule has 2 atom stereocenters. The predicted octanol–water partition coefficient (Wildman–Crippen LogP) is 3.66. The summed E-state index contributed by atoms with van der Waals surface area (Å²) in [5.41, 5.74) is 1.91. The minimum Gasteiger partial charge on any atom is -0.486 e. The maximum Gasteiger partial charge on any atom is 0.256 e. The van der Waals surface area contributed by atoms with Crippen molar-refractivity contribution in [3.63, 3.8) is 0 Å². The van der Waals surface area contributed by atoms with Gasteiger partial charge in [0.25, 0.3) is 5.91 Å². The van der Waals surface area contributed by atoms with Gasteiger partial charge in [-0.05, 0) is 49.2 Å². The number of carbonyl (C=O) groups excluding carboxylic acids is 1. The molecule has 0 N–H and O–H groups in total. The van der Waals surface area contributed by atoms with Gasteiger partial charge < -0.3 is 19.1 Å². The topological polar surface area (TPSA) is 51.2 Å². The number of fused-ring (bicyclic) bond motifs is 1. The molecule has 2 aliphatic heterocycles. The van der Waals surface area contributed by atoms with Crippen LogP contribution in [-0.2, 0) is 16.1 Å². The van der Waals surface area contributed by atoms with Crippen LogP contribution in [0.15, 0.2) is 48.5 Å². The Morgan fingerprint density at radius 1 is 1.16 bits per heavy atom. The van der Waals surface area contributed by atoms with E-state index in [9.17, 15) is 4.79 Å². The molecule has 6 heteroatoms. The molecule has 166 valence electrons. The van der Waals surface area contributed by atoms with Crippen LogP contribution in [0.25, 0.3) is 0 Å². The fourth-order valence-electron chi connectivity index (χ4n) is 4.58. The Kier molecular flexibility index (Phi) is 7.10. The highest BCUT2D eigenvalue weighted by Crippen LogP contribution is 2.32. The van der Waals surface area contributed by atoms with E-state index in [0.717, 1.165) is 42.1 Å². The average molecular weight is 425 g/mol. The molecule has 2 heterocycles. The number of methoxy groups -OCH3 is 1. The lowest BCUT2D eigenvalue weighted by Gasteiger charge is -2.32. The molecular formula is C25H32N2O4. The Hall–Kier alpha value is -2.57. The number of likely N-dealkylation sites (tertiary alicyclic amines) is 1. The molecule has 4 rings (SSSR count). The largest absolute Gasteiger partial charge is 0.486 e. The standard InChI is InChI=1S/C25H32N2O4/c1-3-26-13-7-10-21(26)18-27(25(28)24(29-2)20-8-5-4-6-9-20)17-19-11-12-22-23(16-19)31-15-14-30-22/h4-6,8-9,11-12,16,21,24H,3,7,10,13-15,17-18H2,1-2H3/t21-,24-/m1/s1. The monoisotopic (exact) mass is 424 g/mol. The number of amides is 1. The Morgan fingerprint density at radius 3 is 2.68 bits per heavy atom. The lowest BCUT2D eigenvalue weighted by atomic mass is 10.1. The smallest absolute Gasteiger partial charge is 0.256 e. The second-order valence-electron chi connectivity index (χ2n) is 8.15. The van der Waals surface area contributed by atoms with Crippen LogP contribution < -0.4 is 9.47 Å². The van der Waals surface area contributed by atoms with Gasteiger partial charge in [0.2, 0.25) is 0 Å². The lowest BCUT2D eigenvalue weighted by molar-refractivity contribution is -0.143. The molecule has 6 nitrogen and oxygen atoms in total. The van der Waals surface area contributed by atoms with Gasteiger partial charge in [0.1, 0.15) is 13.2 Å². The first kappa shape index (κ1) is 21.7. The fraction of sp³-hybridized carbons (Fsp3) is 0.480. The van der Waals surface area contributed by atoms with Gasteiger partial charge in [-0.15, -0.1) is 0 Å². The van der Waals surface area contributed by atoms with Crippen LogP contribution >= 0.6 is 0 Å². The van der Waals surface area contributed by atoms with Crippen molar-refractivity contribution in [2.45, 2.75) is 38.5 Å². The summed E-state index contributed by atoms with van der Waals surface area (Å²) in [6.45, 7) is 6.60. The first-order chi connectivity index (χ1) is 15.2. The molecule has 2 aromatic carbocycles. The minimum absolute atomic E-state index is 0.00783. The molecule has 2 aromatic rings. The van der Waals surface area contributed by atoms with E-state index in [1.807, 2.05) is 53.4 Å². The summed E-state index contributed by atoms with van der Waals surface area (Å²) >= 11 is 0. The second kappa shape index (κ2) is 10.2. The molecule has 1 amide bonds. The van der Waals surface area contributed by atoms with Crippen LogP contribution in [0.5, 0.6) is 11.5 Å². The van der Waals surface area contributed by atoms with Gasteiger partial charge in [-0.3, -0.25) is 9.69 Å². The van der Waals surface area contributed by atoms with E-state index in [1.54, 1.807) is 7.11 Å². The van der Waals surface area contributed by atoms with Gasteiger partial charge in [-0.1, -0.05) is 43.3 Å². The van der Waals surface area contributed by atoms with Crippen molar-refractivity contribution < 1.29 is 19.0 Å². The number of rotatable bonds is 8. The molecule has 0 aromatic heterocycles. The van der Waals surface area contributed by atoms with E-state index in [-0.39, 0.29) is 5.91 Å². The first-order valence-electron chi connectivity index (χ1n) is 11.2. The first-order valence-corrected chi connectivity index (χ1v) is 11.2. The summed E-state index contributed by atoms with van der Waals surface area (Å²) in [4.78, 5) is 18.1. The average Bonchev–Trinajstić information content (AvgIpc) is 3.27. The SMILES string of the molecule is CCN1CCC[C@@H]1CN(Cc1ccc2c(c1)OCCO2)C(=O)[C@H](OC)c1ccccc1. The molecular weight excluding hydrogens is 392 g/mol. The molecule has 0 spiro atoms. The van der Waals surface area contributed by atoms with Crippen molar-refractivity contribution in [2.24, 2.45) is 0 Å². The third-order valence-electron chi connectivity index (χ3n) is 6.19. The van der Waals surface area contributed by atoms with E-state index in [1.165, 1.54) is 6.42 Å². The van der Waals surface area contributed by atoms with Crippen LogP contribution in [-0.4, -0.2) is 61.7 Å². The number of likely N-dealkylation sites (N-methyl/N-ethyl adjacent to an activating group) is 1. The lowest BCUT2D eigenvalue weighted by Crippen LogP contribution is -2.44. The third kappa shape index (κ3) is 5.02. The molecule has 31 heavy (non-hydrogen) atoms. The summed E-state index contributed by atoms with van der Waals surface area (Å²) in [5, 5.41) is 0. The molecule has 2 aliphatic rings. The summed E-state index contributed by atoms with van der Waals surface area (Å²) in [5.74, 6) is 1.50. The van der Waals surface area contributed by atoms with E-state index < -0.39 is 6.10 Å². The summed E-state index contributed by atoms with van der Waals surface area (Å²) in [6.07, 6.45) is 1.67. The van der Waals surface area contributed by atoms with E-state index >= 15 is 0 Å². The zero-order valence-electron chi connectivity index (χ0n) is 18.5. The minimum atomic E-state index is -0.616. The van der Waals surface area contributed by atoms with Crippen LogP contribution in [0.1, 0.15) is 37.0 Å². The molecule has 0 aliphatic carbocycles. The maximum absolute atomic E-state index is 13.7. The molecule has 0 unspecified atom stereocenters. The van der Waals surface area contributed by atoms with Crippen molar-refractivity contribution >= 4 is 5.91 Å². The van der Waals surface area contributed by atoms with E-state index in [0.29, 0.717) is 32.3 Å². The van der Waals surface area contributed by atoms with E-state index in [4.69, 9.17) is 14.2 Å². The Labute approximate surface area is 184 Å². The fourth-order valence-corrected chi connectivity index (χ4v) is 4.58. The van der Waals surface area contributed by atoms with Gasteiger partial charge in [0.05, 0.1) is 0 Å². The Bertz CT molecular complexity index is 873. The molecule has 0 radical (unpaired) electrons. The van der Waals surface area contributed by atoms with Crippen LogP contribution in [0.2, 0.25) is 0 Å². The van der Waals surface area contributed by atoms with Crippen LogP contribution in [0.3, 0.4) is 0 Å². The van der Waals surface area contributed by atoms with Gasteiger partial charge in [-0.2, -0.15) is 0 Å². The number of benzene rings is 2. The maximum atomic E-state index is 13.7. The second-order valence-corrected chi connectivity index (χ2v) is 8.15. The zero-order valence-corrected chi connectivity index (χ0v) is 18.5. The van der Waals surface area contributed by atoms with E-state index in [2.05, 4.69) is 11.8 Å². The highest BCUT2D eigenvalue weighted by Gasteiger charge is 2.31. The zero-order chi connectivity index (χ0) is 21.6. The predicted molar refractivity (Wildman–Crippen MR) is 119 cm³/mol. The van der Waals surface area contributed by atoms with Crippen molar-refractivity contribution in [3.8, 4) is 11.5 Å². The molecule has 0 saturated carbocycles. The molecule has 1 fully saturated rings. The highest BCUT2D eigenvalue weighted by molar-refractivity contribution is 5.82. The third-order valence-corrected chi connectivity index (χ3v) is 6.19. The van der Waals surface area contributed by atoms with Crippen LogP contribution in [0.4, 0.5) is 0 Å². The number of hydrogen-bond acceptors (Lipinski definition) is 5. The van der Waals surface area contributed by atoms with Gasteiger partial charge in [-0.25, -0.2) is 0 Å². The van der Waals surface area contributed by atoms with Crippen LogP contribution in [0, 0.1) is 0 Å². The number of hydrogen-bond donors (Lipinski definition) is 0. The Balaban J connectivity index is 1.58. The molecule has 0 bridgehead atoms. The number of nitrogens with zero attached hydrogens (tertiary/aromatic N) is 2. The van der Waals surface area contributed by atoms with Gasteiger partial charge in [0, 0.05) is 26.2 Å². The quantitative estimate of drug-likeness (QED) is 0.647. The summed E-state index contributed by atoms with van der Waals surface area (Å²) in [6, 6.07) is 16.0. The van der Waals surface area contributed by atoms with Crippen molar-refractivity contribution in [1.29, 1.82) is 0 Å². The number of carbonyl (C=O) groups is 1. The van der Waals surface area contributed by atoms with Crippen molar-refractivity contribution in [3.05, 3.63) is 59.7 Å². The number of ether oxygens (including phenoxy) is 3. The van der Waals surface area contributed by atoms with Gasteiger partial charge in [0.15, 0.2) is 17.6 Å². The van der Waals surface area contributed by atoms with Gasteiger partial charge >= 0.3 is 0 Å². The normalized spacial score (nSPS) is 19.2. The molecule has 1 saturated heterocycles.